The van der Waals surface area contributed by atoms with Crippen LogP contribution in [0.4, 0.5) is 5.69 Å². The lowest BCUT2D eigenvalue weighted by Crippen LogP contribution is -2.40. The minimum absolute atomic E-state index is 0.0836. The van der Waals surface area contributed by atoms with E-state index in [4.69, 9.17) is 11.6 Å². The van der Waals surface area contributed by atoms with Crippen LogP contribution in [0, 0.1) is 17.2 Å². The van der Waals surface area contributed by atoms with Crippen LogP contribution in [0.25, 0.3) is 0 Å². The number of halogens is 1. The number of rotatable bonds is 10. The SMILES string of the molecule is CC(C)CCN(c1ccc(C#N)c(Cl)c1)C1CCN(C(=O)CCCC(=O)c2ccccc2)C1. The third kappa shape index (κ3) is 6.82. The van der Waals surface area contributed by atoms with Crippen molar-refractivity contribution < 1.29 is 9.59 Å². The molecule has 3 rings (SSSR count). The minimum atomic E-state index is 0.0836. The van der Waals surface area contributed by atoms with Gasteiger partial charge in [0.05, 0.1) is 10.6 Å². The van der Waals surface area contributed by atoms with Crippen molar-refractivity contribution in [2.24, 2.45) is 5.92 Å². The molecule has 2 aromatic carbocycles. The molecule has 1 aliphatic rings. The third-order valence-corrected chi connectivity index (χ3v) is 6.51. The Kier molecular flexibility index (Phi) is 8.91. The molecule has 6 heteroatoms. The molecule has 0 spiro atoms. The van der Waals surface area contributed by atoms with E-state index in [2.05, 4.69) is 24.8 Å². The molecule has 33 heavy (non-hydrogen) atoms. The average molecular weight is 466 g/mol. The fourth-order valence-electron chi connectivity index (χ4n) is 4.24. The molecule has 1 unspecified atom stereocenters. The Morgan fingerprint density at radius 2 is 1.94 bits per heavy atom. The Balaban J connectivity index is 1.58. The highest BCUT2D eigenvalue weighted by atomic mass is 35.5. The maximum absolute atomic E-state index is 12.8. The van der Waals surface area contributed by atoms with Crippen molar-refractivity contribution in [3.05, 3.63) is 64.7 Å². The standard InChI is InChI=1S/C27H32ClN3O2/c1-20(2)13-16-31(23-12-11-22(18-29)25(28)17-23)24-14-15-30(19-24)27(33)10-6-9-26(32)21-7-4-3-5-8-21/h3-5,7-8,11-12,17,20,24H,6,9-10,13-16,19H2,1-2H3. The summed E-state index contributed by atoms with van der Waals surface area (Å²) in [6.07, 6.45) is 3.27. The first-order valence-corrected chi connectivity index (χ1v) is 12.1. The molecule has 5 nitrogen and oxygen atoms in total. The van der Waals surface area contributed by atoms with Crippen LogP contribution in [-0.2, 0) is 4.79 Å². The number of benzene rings is 2. The lowest BCUT2D eigenvalue weighted by molar-refractivity contribution is -0.130. The Labute approximate surface area is 201 Å². The number of Topliss-reactive ketones (excluding diaryl/α,β-unsaturated/α-hetero) is 1. The van der Waals surface area contributed by atoms with E-state index in [1.807, 2.05) is 47.4 Å². The molecule has 2 aromatic rings. The maximum atomic E-state index is 12.8. The van der Waals surface area contributed by atoms with E-state index in [1.165, 1.54) is 0 Å². The van der Waals surface area contributed by atoms with Crippen LogP contribution in [-0.4, -0.2) is 42.3 Å². The number of hydrogen-bond donors (Lipinski definition) is 0. The van der Waals surface area contributed by atoms with E-state index in [0.717, 1.165) is 31.6 Å². The molecule has 0 aromatic heterocycles. The predicted octanol–water partition coefficient (Wildman–Crippen LogP) is 5.72. The van der Waals surface area contributed by atoms with E-state index >= 15 is 0 Å². The Bertz CT molecular complexity index is 1000. The zero-order valence-electron chi connectivity index (χ0n) is 19.5. The second kappa shape index (κ2) is 11.9. The first-order chi connectivity index (χ1) is 15.9. The summed E-state index contributed by atoms with van der Waals surface area (Å²) in [6.45, 7) is 6.66. The Morgan fingerprint density at radius 3 is 2.61 bits per heavy atom. The monoisotopic (exact) mass is 465 g/mol. The first-order valence-electron chi connectivity index (χ1n) is 11.7. The number of carbonyl (C=O) groups is 2. The number of ketones is 1. The number of likely N-dealkylation sites (tertiary alicyclic amines) is 1. The zero-order valence-corrected chi connectivity index (χ0v) is 20.2. The van der Waals surface area contributed by atoms with Crippen molar-refractivity contribution in [3.8, 4) is 6.07 Å². The topological polar surface area (TPSA) is 64.4 Å². The summed E-state index contributed by atoms with van der Waals surface area (Å²) in [5, 5.41) is 9.64. The maximum Gasteiger partial charge on any atom is 0.222 e. The second-order valence-corrected chi connectivity index (χ2v) is 9.48. The summed E-state index contributed by atoms with van der Waals surface area (Å²) >= 11 is 6.31. The molecule has 1 atom stereocenters. The molecule has 1 saturated heterocycles. The summed E-state index contributed by atoms with van der Waals surface area (Å²) in [7, 11) is 0. The van der Waals surface area contributed by atoms with Gasteiger partial charge in [0.1, 0.15) is 6.07 Å². The Morgan fingerprint density at radius 1 is 1.18 bits per heavy atom. The fourth-order valence-corrected chi connectivity index (χ4v) is 4.46. The van der Waals surface area contributed by atoms with Gasteiger partial charge in [0.15, 0.2) is 5.78 Å². The van der Waals surface area contributed by atoms with E-state index < -0.39 is 0 Å². The molecule has 0 radical (unpaired) electrons. The van der Waals surface area contributed by atoms with Gasteiger partial charge in [0.25, 0.3) is 0 Å². The smallest absolute Gasteiger partial charge is 0.222 e. The number of hydrogen-bond acceptors (Lipinski definition) is 4. The molecular weight excluding hydrogens is 434 g/mol. The fraction of sp³-hybridized carbons (Fsp3) is 0.444. The number of anilines is 1. The van der Waals surface area contributed by atoms with Crippen molar-refractivity contribution in [3.63, 3.8) is 0 Å². The normalized spacial score (nSPS) is 15.5. The van der Waals surface area contributed by atoms with Crippen LogP contribution >= 0.6 is 11.6 Å². The number of nitriles is 1. The van der Waals surface area contributed by atoms with Crippen molar-refractivity contribution in [1.29, 1.82) is 5.26 Å². The van der Waals surface area contributed by atoms with Gasteiger partial charge in [0, 0.05) is 49.8 Å². The van der Waals surface area contributed by atoms with E-state index in [-0.39, 0.29) is 17.7 Å². The van der Waals surface area contributed by atoms with Crippen LogP contribution in [0.3, 0.4) is 0 Å². The van der Waals surface area contributed by atoms with Gasteiger partial charge in [0.2, 0.25) is 5.91 Å². The molecule has 174 valence electrons. The van der Waals surface area contributed by atoms with Crippen LogP contribution in [0.5, 0.6) is 0 Å². The van der Waals surface area contributed by atoms with Gasteiger partial charge >= 0.3 is 0 Å². The van der Waals surface area contributed by atoms with Crippen LogP contribution < -0.4 is 4.90 Å². The molecule has 0 saturated carbocycles. The molecule has 1 amide bonds. The molecule has 1 fully saturated rings. The average Bonchev–Trinajstić information content (AvgIpc) is 3.29. The second-order valence-electron chi connectivity index (χ2n) is 9.08. The van der Waals surface area contributed by atoms with Crippen LogP contribution in [0.15, 0.2) is 48.5 Å². The predicted molar refractivity (Wildman–Crippen MR) is 133 cm³/mol. The van der Waals surface area contributed by atoms with Crippen molar-refractivity contribution in [1.82, 2.24) is 4.90 Å². The van der Waals surface area contributed by atoms with Gasteiger partial charge < -0.3 is 9.80 Å². The molecule has 0 N–H and O–H groups in total. The molecule has 1 aliphatic heterocycles. The van der Waals surface area contributed by atoms with Crippen LogP contribution in [0.2, 0.25) is 5.02 Å². The van der Waals surface area contributed by atoms with Gasteiger partial charge in [-0.2, -0.15) is 5.26 Å². The lowest BCUT2D eigenvalue weighted by atomic mass is 10.1. The molecule has 1 heterocycles. The van der Waals surface area contributed by atoms with E-state index in [9.17, 15) is 14.9 Å². The van der Waals surface area contributed by atoms with Gasteiger partial charge in [-0.1, -0.05) is 55.8 Å². The molecular formula is C27H32ClN3O2. The number of amides is 1. The summed E-state index contributed by atoms with van der Waals surface area (Å²) in [4.78, 5) is 29.3. The highest BCUT2D eigenvalue weighted by Crippen LogP contribution is 2.29. The molecule has 0 bridgehead atoms. The van der Waals surface area contributed by atoms with E-state index in [0.29, 0.717) is 47.9 Å². The van der Waals surface area contributed by atoms with Gasteiger partial charge in [-0.3, -0.25) is 9.59 Å². The highest BCUT2D eigenvalue weighted by Gasteiger charge is 2.30. The van der Waals surface area contributed by atoms with Gasteiger partial charge in [-0.25, -0.2) is 0 Å². The van der Waals surface area contributed by atoms with Crippen molar-refractivity contribution in [2.75, 3.05) is 24.5 Å². The highest BCUT2D eigenvalue weighted by molar-refractivity contribution is 6.32. The Hall–Kier alpha value is -2.84. The summed E-state index contributed by atoms with van der Waals surface area (Å²) < 4.78 is 0. The summed E-state index contributed by atoms with van der Waals surface area (Å²) in [5.74, 6) is 0.753. The molecule has 0 aliphatic carbocycles. The van der Waals surface area contributed by atoms with Gasteiger partial charge in [-0.05, 0) is 43.4 Å². The number of carbonyl (C=O) groups excluding carboxylic acids is 2. The van der Waals surface area contributed by atoms with Gasteiger partial charge in [-0.15, -0.1) is 0 Å². The third-order valence-electron chi connectivity index (χ3n) is 6.20. The number of nitrogens with zero attached hydrogens (tertiary/aromatic N) is 3. The van der Waals surface area contributed by atoms with Crippen molar-refractivity contribution >= 4 is 29.0 Å². The van der Waals surface area contributed by atoms with Crippen molar-refractivity contribution in [2.45, 2.75) is 52.0 Å². The van der Waals surface area contributed by atoms with Crippen LogP contribution in [0.1, 0.15) is 61.9 Å². The quantitative estimate of drug-likeness (QED) is 0.421. The van der Waals surface area contributed by atoms with E-state index in [1.54, 1.807) is 6.07 Å². The first kappa shape index (κ1) is 24.8. The summed E-state index contributed by atoms with van der Waals surface area (Å²) in [6, 6.07) is 17.1. The largest absolute Gasteiger partial charge is 0.367 e. The lowest BCUT2D eigenvalue weighted by Gasteiger charge is -2.32. The minimum Gasteiger partial charge on any atom is -0.367 e. The summed E-state index contributed by atoms with van der Waals surface area (Å²) in [5.41, 5.74) is 2.16. The zero-order chi connectivity index (χ0) is 23.8.